The van der Waals surface area contributed by atoms with Gasteiger partial charge >= 0.3 is 5.97 Å². The fourth-order valence-electron chi connectivity index (χ4n) is 9.85. The van der Waals surface area contributed by atoms with E-state index in [1.54, 1.807) is 45.2 Å². The van der Waals surface area contributed by atoms with Crippen LogP contribution in [0, 0.1) is 23.7 Å². The SMILES string of the molecule is COCCOCCOCCOCCOCCOCCOCCOCCOCCOCCOCCOCCOCCOCCOCCOCCOCCOCCCCCOCCOCCOCCOCCOCCC(=O)NCCCC[C@H](CC(=O)[C@@H](NC(=O)CCCC(=O)C(C)C)C(C)C)C(=O)Nc1ccc(COC(=O)C(C)C)cc1. The molecule has 0 radical (unpaired) electrons. The Morgan fingerprint density at radius 1 is 0.313 bits per heavy atom. The Hall–Kier alpha value is -4.48. The van der Waals surface area contributed by atoms with Crippen LogP contribution in [0.2, 0.25) is 0 Å². The maximum absolute atomic E-state index is 13.8. The number of methoxy groups -OCH3 is 1. The molecule has 33 heteroatoms. The summed E-state index contributed by atoms with van der Waals surface area (Å²) < 4.78 is 132. The monoisotopic (exact) mass is 1660 g/mol. The number of benzene rings is 1. The van der Waals surface area contributed by atoms with Crippen molar-refractivity contribution in [1.82, 2.24) is 10.6 Å². The van der Waals surface area contributed by atoms with Crippen molar-refractivity contribution in [3.05, 3.63) is 29.8 Å². The van der Waals surface area contributed by atoms with Gasteiger partial charge in [0.15, 0.2) is 5.78 Å². The van der Waals surface area contributed by atoms with Crippen LogP contribution in [0.3, 0.4) is 0 Å². The van der Waals surface area contributed by atoms with Crippen LogP contribution in [0.1, 0.15) is 118 Å². The molecule has 0 fully saturated rings. The van der Waals surface area contributed by atoms with Gasteiger partial charge in [-0.15, -0.1) is 0 Å². The predicted octanol–water partition coefficient (Wildman–Crippen LogP) is 6.29. The first-order valence-corrected chi connectivity index (χ1v) is 41.6. The highest BCUT2D eigenvalue weighted by Crippen LogP contribution is 2.21. The third-order valence-corrected chi connectivity index (χ3v) is 16.4. The highest BCUT2D eigenvalue weighted by molar-refractivity contribution is 5.97. The number of nitrogens with one attached hydrogen (secondary N) is 3. The van der Waals surface area contributed by atoms with Crippen molar-refractivity contribution in [2.24, 2.45) is 23.7 Å². The quantitative estimate of drug-likeness (QED) is 0.0476. The van der Waals surface area contributed by atoms with E-state index in [0.717, 1.165) is 24.8 Å². The van der Waals surface area contributed by atoms with E-state index in [1.165, 1.54) is 0 Å². The normalized spacial score (nSPS) is 12.2. The molecule has 1 aromatic carbocycles. The van der Waals surface area contributed by atoms with Crippen LogP contribution in [0.15, 0.2) is 24.3 Å². The molecule has 672 valence electrons. The summed E-state index contributed by atoms with van der Waals surface area (Å²) in [5.74, 6) is -2.65. The molecule has 2 atom stereocenters. The number of rotatable bonds is 92. The number of ether oxygens (including phenoxy) is 24. The van der Waals surface area contributed by atoms with E-state index in [2.05, 4.69) is 16.0 Å². The van der Waals surface area contributed by atoms with Gasteiger partial charge in [0.05, 0.1) is 296 Å². The van der Waals surface area contributed by atoms with Crippen LogP contribution >= 0.6 is 0 Å². The van der Waals surface area contributed by atoms with Crippen LogP contribution < -0.4 is 16.0 Å². The molecule has 1 rings (SSSR count). The van der Waals surface area contributed by atoms with Gasteiger partial charge in [0.2, 0.25) is 17.7 Å². The lowest BCUT2D eigenvalue weighted by atomic mass is 9.89. The van der Waals surface area contributed by atoms with Crippen molar-refractivity contribution < 1.29 is 142 Å². The molecule has 1 aromatic rings. The number of carbonyl (C=O) groups excluding carboxylic acids is 6. The second kappa shape index (κ2) is 84.5. The molecule has 0 bridgehead atoms. The number of anilines is 1. The molecule has 33 nitrogen and oxygen atoms in total. The zero-order valence-electron chi connectivity index (χ0n) is 71.0. The molecular weight excluding hydrogens is 1510 g/mol. The van der Waals surface area contributed by atoms with E-state index >= 15 is 0 Å². The Bertz CT molecular complexity index is 2350. The van der Waals surface area contributed by atoms with Gasteiger partial charge < -0.3 is 130 Å². The van der Waals surface area contributed by atoms with E-state index in [1.807, 2.05) is 27.7 Å². The Kier molecular flexibility index (Phi) is 79.8. The minimum Gasteiger partial charge on any atom is -0.461 e. The van der Waals surface area contributed by atoms with E-state index in [-0.39, 0.29) is 91.9 Å². The largest absolute Gasteiger partial charge is 0.461 e. The average Bonchev–Trinajstić information content (AvgIpc) is 0.863. The van der Waals surface area contributed by atoms with Gasteiger partial charge in [-0.05, 0) is 62.1 Å². The number of ketones is 2. The number of amides is 3. The summed E-state index contributed by atoms with van der Waals surface area (Å²) >= 11 is 0. The Morgan fingerprint density at radius 2 is 0.635 bits per heavy atom. The molecule has 3 N–H and O–H groups in total. The molecule has 0 heterocycles. The van der Waals surface area contributed by atoms with Gasteiger partial charge in [-0.3, -0.25) is 28.8 Å². The fraction of sp³-hybridized carbons (Fsp3) is 0.854. The first-order chi connectivity index (χ1) is 56.2. The smallest absolute Gasteiger partial charge is 0.308 e. The van der Waals surface area contributed by atoms with Crippen LogP contribution in [-0.4, -0.2) is 352 Å². The first kappa shape index (κ1) is 109. The molecule has 0 aliphatic heterocycles. The lowest BCUT2D eigenvalue weighted by molar-refractivity contribution is -0.148. The minimum atomic E-state index is -0.809. The fourth-order valence-corrected chi connectivity index (χ4v) is 9.85. The van der Waals surface area contributed by atoms with E-state index in [0.29, 0.717) is 329 Å². The van der Waals surface area contributed by atoms with E-state index < -0.39 is 12.0 Å². The summed E-state index contributed by atoms with van der Waals surface area (Å²) in [5, 5.41) is 8.66. The van der Waals surface area contributed by atoms with E-state index in [4.69, 9.17) is 114 Å². The second-order valence-electron chi connectivity index (χ2n) is 27.2. The third kappa shape index (κ3) is 75.5. The number of hydrogen-bond acceptors (Lipinski definition) is 30. The van der Waals surface area contributed by atoms with Crippen LogP contribution in [-0.2, 0) is 149 Å². The first-order valence-electron chi connectivity index (χ1n) is 41.6. The number of unbranched alkanes of at least 4 members (excludes halogenated alkanes) is 3. The minimum absolute atomic E-state index is 0.0785. The molecular formula is C82H149N3O30. The van der Waals surface area contributed by atoms with Crippen molar-refractivity contribution in [2.75, 3.05) is 316 Å². The van der Waals surface area contributed by atoms with Gasteiger partial charge in [0.25, 0.3) is 0 Å². The van der Waals surface area contributed by atoms with Crippen molar-refractivity contribution >= 4 is 40.9 Å². The van der Waals surface area contributed by atoms with E-state index in [9.17, 15) is 28.8 Å². The molecule has 0 spiro atoms. The molecule has 0 aliphatic carbocycles. The lowest BCUT2D eigenvalue weighted by Crippen LogP contribution is -2.45. The third-order valence-electron chi connectivity index (χ3n) is 16.4. The van der Waals surface area contributed by atoms with Crippen molar-refractivity contribution in [1.29, 1.82) is 0 Å². The van der Waals surface area contributed by atoms with Crippen LogP contribution in [0.5, 0.6) is 0 Å². The van der Waals surface area contributed by atoms with Crippen molar-refractivity contribution in [2.45, 2.75) is 125 Å². The Labute approximate surface area is 686 Å². The molecule has 115 heavy (non-hydrogen) atoms. The van der Waals surface area contributed by atoms with Gasteiger partial charge in [-0.25, -0.2) is 0 Å². The Morgan fingerprint density at radius 3 is 0.948 bits per heavy atom. The molecule has 0 aromatic heterocycles. The van der Waals surface area contributed by atoms with Crippen molar-refractivity contribution in [3.63, 3.8) is 0 Å². The molecule has 0 saturated heterocycles. The van der Waals surface area contributed by atoms with Crippen LogP contribution in [0.4, 0.5) is 5.69 Å². The van der Waals surface area contributed by atoms with Gasteiger partial charge in [-0.2, -0.15) is 0 Å². The zero-order chi connectivity index (χ0) is 83.4. The highest BCUT2D eigenvalue weighted by atomic mass is 16.6. The van der Waals surface area contributed by atoms with Crippen LogP contribution in [0.25, 0.3) is 0 Å². The predicted molar refractivity (Wildman–Crippen MR) is 429 cm³/mol. The summed E-state index contributed by atoms with van der Waals surface area (Å²) in [6, 6.07) is 6.12. The summed E-state index contributed by atoms with van der Waals surface area (Å²) in [6.07, 6.45) is 5.23. The second-order valence-corrected chi connectivity index (χ2v) is 27.2. The summed E-state index contributed by atoms with van der Waals surface area (Å²) in [4.78, 5) is 77.0. The summed E-state index contributed by atoms with van der Waals surface area (Å²) in [5.41, 5.74) is 1.27. The number of esters is 1. The number of Topliss-reactive ketones (excluding diaryl/α,β-unsaturated/α-hetero) is 2. The average molecular weight is 1660 g/mol. The topological polar surface area (TPSA) is 360 Å². The van der Waals surface area contributed by atoms with Gasteiger partial charge in [-0.1, -0.05) is 60.1 Å². The standard InChI is InChI=1S/C82H149N3O30/c1-70(2)76(86)15-13-16-79(89)85-80(71(3)4)77(87)68-74(81(90)84-75-19-17-73(18-20-75)69-115-82(91)72(5)6)14-9-10-22-83-78(88)21-25-95-30-33-99-38-41-101-39-36-97-31-28-93-23-11-8-12-24-94-29-32-98-37-40-102-44-45-104-48-49-106-52-53-108-56-57-110-60-61-112-64-65-114-67-66-113-63-62-111-59-58-109-55-54-107-51-50-105-47-46-103-43-42-100-35-34-96-27-26-92-7/h17-20,70-72,74,80H,8-16,21-69H2,1-7H3,(H,83,88)(H,84,90)(H,85,89)/t74-,80+/m1/s1. The van der Waals surface area contributed by atoms with Gasteiger partial charge in [0, 0.05) is 70.1 Å². The van der Waals surface area contributed by atoms with Crippen molar-refractivity contribution in [3.8, 4) is 0 Å². The zero-order valence-corrected chi connectivity index (χ0v) is 71.0. The number of hydrogen-bond donors (Lipinski definition) is 3. The summed E-state index contributed by atoms with van der Waals surface area (Å²) in [7, 11) is 1.64. The highest BCUT2D eigenvalue weighted by Gasteiger charge is 2.30. The summed E-state index contributed by atoms with van der Waals surface area (Å²) in [6.45, 7) is 33.2. The molecule has 0 aliphatic rings. The molecule has 0 saturated carbocycles. The van der Waals surface area contributed by atoms with Gasteiger partial charge in [0.1, 0.15) is 12.4 Å². The molecule has 3 amide bonds. The Balaban J connectivity index is 1.84. The maximum atomic E-state index is 13.8. The molecule has 0 unspecified atom stereocenters. The number of carbonyl (C=O) groups is 6. The lowest BCUT2D eigenvalue weighted by Gasteiger charge is -2.24. The maximum Gasteiger partial charge on any atom is 0.308 e.